The van der Waals surface area contributed by atoms with E-state index in [0.717, 1.165) is 0 Å². The van der Waals surface area contributed by atoms with Crippen molar-refractivity contribution in [1.29, 1.82) is 0 Å². The van der Waals surface area contributed by atoms with Gasteiger partial charge < -0.3 is 14.8 Å². The maximum absolute atomic E-state index is 12.5. The number of carbonyl (C=O) groups is 1. The third-order valence-electron chi connectivity index (χ3n) is 3.96. The lowest BCUT2D eigenvalue weighted by Crippen LogP contribution is -2.25. The second kappa shape index (κ2) is 6.65. The molecule has 0 radical (unpaired) electrons. The highest BCUT2D eigenvalue weighted by Crippen LogP contribution is 2.34. The van der Waals surface area contributed by atoms with Crippen LogP contribution in [0.2, 0.25) is 0 Å². The van der Waals surface area contributed by atoms with E-state index in [1.54, 1.807) is 38.2 Å². The van der Waals surface area contributed by atoms with Crippen LogP contribution in [0.3, 0.4) is 0 Å². The molecule has 3 aromatic rings. The molecule has 134 valence electrons. The van der Waals surface area contributed by atoms with Gasteiger partial charge in [-0.05, 0) is 30.5 Å². The van der Waals surface area contributed by atoms with Crippen LogP contribution in [0.5, 0.6) is 11.5 Å². The Morgan fingerprint density at radius 1 is 1.35 bits per heavy atom. The molecule has 1 amide bonds. The van der Waals surface area contributed by atoms with Gasteiger partial charge in [0.15, 0.2) is 16.7 Å². The molecule has 1 aliphatic rings. The monoisotopic (exact) mass is 389 g/mol. The van der Waals surface area contributed by atoms with Crippen molar-refractivity contribution in [1.82, 2.24) is 9.55 Å². The molecule has 1 atom stereocenters. The number of benzene rings is 1. The van der Waals surface area contributed by atoms with E-state index in [2.05, 4.69) is 10.3 Å². The predicted octanol–water partition coefficient (Wildman–Crippen LogP) is 2.84. The van der Waals surface area contributed by atoms with Crippen molar-refractivity contribution < 1.29 is 14.3 Å². The second-order valence-electron chi connectivity index (χ2n) is 5.72. The summed E-state index contributed by atoms with van der Waals surface area (Å²) in [7, 11) is 1.66. The van der Waals surface area contributed by atoms with Gasteiger partial charge in [0, 0.05) is 18.8 Å². The Morgan fingerprint density at radius 3 is 3.00 bits per heavy atom. The molecule has 2 aromatic heterocycles. The molecule has 0 spiro atoms. The van der Waals surface area contributed by atoms with Gasteiger partial charge in [0.05, 0.1) is 10.6 Å². The molecule has 26 heavy (non-hydrogen) atoms. The Balaban J connectivity index is 1.51. The number of amides is 1. The molecule has 1 aromatic carbocycles. The van der Waals surface area contributed by atoms with Crippen LogP contribution in [-0.4, -0.2) is 27.5 Å². The Hall–Kier alpha value is -2.52. The van der Waals surface area contributed by atoms with Gasteiger partial charge in [0.25, 0.3) is 5.56 Å². The summed E-state index contributed by atoms with van der Waals surface area (Å²) >= 11 is 2.66. The van der Waals surface area contributed by atoms with Crippen LogP contribution in [0.25, 0.3) is 10.2 Å². The minimum atomic E-state index is -0.434. The van der Waals surface area contributed by atoms with Crippen LogP contribution in [0.15, 0.2) is 39.6 Å². The summed E-state index contributed by atoms with van der Waals surface area (Å²) in [5.74, 6) is 1.08. The summed E-state index contributed by atoms with van der Waals surface area (Å²) in [6.45, 7) is 1.96. The molecule has 1 N–H and O–H groups in total. The zero-order valence-electron chi connectivity index (χ0n) is 14.0. The molecule has 0 saturated heterocycles. The van der Waals surface area contributed by atoms with Crippen LogP contribution < -0.4 is 20.3 Å². The van der Waals surface area contributed by atoms with Gasteiger partial charge in [-0.2, -0.15) is 0 Å². The maximum Gasteiger partial charge on any atom is 0.262 e. The molecule has 1 aliphatic heterocycles. The van der Waals surface area contributed by atoms with Crippen LogP contribution >= 0.6 is 23.1 Å². The fourth-order valence-corrected chi connectivity index (χ4v) is 4.19. The topological polar surface area (TPSA) is 82.5 Å². The Kier molecular flexibility index (Phi) is 4.33. The summed E-state index contributed by atoms with van der Waals surface area (Å²) in [6, 6.07) is 7.00. The molecule has 4 rings (SSSR count). The van der Waals surface area contributed by atoms with Gasteiger partial charge >= 0.3 is 0 Å². The van der Waals surface area contributed by atoms with E-state index in [0.29, 0.717) is 32.6 Å². The Morgan fingerprint density at radius 2 is 2.15 bits per heavy atom. The number of fused-ring (bicyclic) bond motifs is 2. The van der Waals surface area contributed by atoms with Crippen LogP contribution in [-0.2, 0) is 11.8 Å². The predicted molar refractivity (Wildman–Crippen MR) is 101 cm³/mol. The van der Waals surface area contributed by atoms with E-state index >= 15 is 0 Å². The fourth-order valence-electron chi connectivity index (χ4n) is 2.52. The molecule has 9 heteroatoms. The van der Waals surface area contributed by atoms with Crippen molar-refractivity contribution in [2.45, 2.75) is 17.3 Å². The van der Waals surface area contributed by atoms with Gasteiger partial charge in [0.1, 0.15) is 4.83 Å². The number of nitrogens with zero attached hydrogens (tertiary/aromatic N) is 2. The number of anilines is 1. The third-order valence-corrected chi connectivity index (χ3v) is 5.91. The van der Waals surface area contributed by atoms with E-state index in [1.165, 1.54) is 27.7 Å². The maximum atomic E-state index is 12.5. The van der Waals surface area contributed by atoms with Crippen molar-refractivity contribution in [3.05, 3.63) is 40.0 Å². The summed E-state index contributed by atoms with van der Waals surface area (Å²) in [5.41, 5.74) is 0.518. The molecule has 0 fully saturated rings. The summed E-state index contributed by atoms with van der Waals surface area (Å²) in [6.07, 6.45) is 0. The quantitative estimate of drug-likeness (QED) is 0.546. The minimum Gasteiger partial charge on any atom is -0.454 e. The number of thiophene rings is 1. The van der Waals surface area contributed by atoms with Crippen molar-refractivity contribution in [3.63, 3.8) is 0 Å². The number of nitrogens with one attached hydrogen (secondary N) is 1. The van der Waals surface area contributed by atoms with Gasteiger partial charge in [0.2, 0.25) is 12.7 Å². The molecule has 0 aliphatic carbocycles. The van der Waals surface area contributed by atoms with Gasteiger partial charge in [-0.15, -0.1) is 11.3 Å². The molecule has 3 heterocycles. The number of thioether (sulfide) groups is 1. The highest BCUT2D eigenvalue weighted by molar-refractivity contribution is 8.00. The lowest BCUT2D eigenvalue weighted by atomic mass is 10.2. The van der Waals surface area contributed by atoms with Gasteiger partial charge in [-0.1, -0.05) is 11.8 Å². The summed E-state index contributed by atoms with van der Waals surface area (Å²) in [5, 5.41) is 5.36. The molecular weight excluding hydrogens is 374 g/mol. The smallest absolute Gasteiger partial charge is 0.262 e. The first-order chi connectivity index (χ1) is 12.5. The number of rotatable bonds is 4. The van der Waals surface area contributed by atoms with Crippen LogP contribution in [0, 0.1) is 0 Å². The SMILES string of the molecule is C[C@H](Sc1nc2sccc2c(=O)n1C)C(=O)Nc1ccc2c(c1)OCO2. The van der Waals surface area contributed by atoms with Crippen molar-refractivity contribution in [2.75, 3.05) is 12.1 Å². The molecule has 0 unspecified atom stereocenters. The van der Waals surface area contributed by atoms with Gasteiger partial charge in [-0.3, -0.25) is 14.2 Å². The largest absolute Gasteiger partial charge is 0.454 e. The first kappa shape index (κ1) is 16.9. The van der Waals surface area contributed by atoms with Crippen LogP contribution in [0.1, 0.15) is 6.92 Å². The van der Waals surface area contributed by atoms with Crippen LogP contribution in [0.4, 0.5) is 5.69 Å². The molecule has 0 saturated carbocycles. The number of hydrogen-bond acceptors (Lipinski definition) is 7. The fraction of sp³-hybridized carbons (Fsp3) is 0.235. The molecular formula is C17H15N3O4S2. The van der Waals surface area contributed by atoms with Crippen molar-refractivity contribution in [3.8, 4) is 11.5 Å². The minimum absolute atomic E-state index is 0.109. The van der Waals surface area contributed by atoms with Crippen molar-refractivity contribution >= 4 is 44.9 Å². The van der Waals surface area contributed by atoms with Crippen molar-refractivity contribution in [2.24, 2.45) is 7.05 Å². The van der Waals surface area contributed by atoms with E-state index in [4.69, 9.17) is 9.47 Å². The Bertz CT molecular complexity index is 1060. The van der Waals surface area contributed by atoms with E-state index in [-0.39, 0.29) is 18.3 Å². The lowest BCUT2D eigenvalue weighted by molar-refractivity contribution is -0.115. The van der Waals surface area contributed by atoms with E-state index in [1.807, 2.05) is 5.38 Å². The zero-order valence-corrected chi connectivity index (χ0v) is 15.6. The number of aromatic nitrogens is 2. The highest BCUT2D eigenvalue weighted by Gasteiger charge is 2.20. The first-order valence-electron chi connectivity index (χ1n) is 7.84. The standard InChI is InChI=1S/C17H15N3O4S2/c1-9(14(21)18-10-3-4-12-13(7-10)24-8-23-12)26-17-19-15-11(5-6-25-15)16(22)20(17)2/h3-7,9H,8H2,1-2H3,(H,18,21)/t9-/m0/s1. The summed E-state index contributed by atoms with van der Waals surface area (Å²) in [4.78, 5) is 30.0. The van der Waals surface area contributed by atoms with E-state index in [9.17, 15) is 9.59 Å². The number of hydrogen-bond donors (Lipinski definition) is 1. The Labute approximate surface area is 157 Å². The lowest BCUT2D eigenvalue weighted by Gasteiger charge is -2.13. The first-order valence-corrected chi connectivity index (χ1v) is 9.60. The van der Waals surface area contributed by atoms with E-state index < -0.39 is 5.25 Å². The molecule has 7 nitrogen and oxygen atoms in total. The highest BCUT2D eigenvalue weighted by atomic mass is 32.2. The average Bonchev–Trinajstić information content (AvgIpc) is 3.27. The zero-order chi connectivity index (χ0) is 18.3. The number of carbonyl (C=O) groups excluding carboxylic acids is 1. The van der Waals surface area contributed by atoms with Gasteiger partial charge in [-0.25, -0.2) is 4.98 Å². The third kappa shape index (κ3) is 3.04. The second-order valence-corrected chi connectivity index (χ2v) is 7.92. The number of ether oxygens (including phenoxy) is 2. The average molecular weight is 389 g/mol. The normalized spacial score (nSPS) is 13.8. The molecule has 0 bridgehead atoms. The summed E-state index contributed by atoms with van der Waals surface area (Å²) < 4.78 is 12.0.